The standard InChI is InChI=1S/C15H16BrN3S/c1-10-6-7-13(14(17)20)15(18-10)19(2)9-11-4-3-5-12(16)8-11/h3-8H,9H2,1-2H3,(H2,17,20). The summed E-state index contributed by atoms with van der Waals surface area (Å²) in [5.41, 5.74) is 8.72. The molecule has 0 aliphatic carbocycles. The largest absolute Gasteiger partial charge is 0.389 e. The van der Waals surface area contributed by atoms with E-state index in [9.17, 15) is 0 Å². The Hall–Kier alpha value is -1.46. The van der Waals surface area contributed by atoms with Gasteiger partial charge in [0.2, 0.25) is 0 Å². The Balaban J connectivity index is 2.31. The van der Waals surface area contributed by atoms with E-state index in [0.717, 1.165) is 28.1 Å². The first-order valence-corrected chi connectivity index (χ1v) is 7.40. The first-order chi connectivity index (χ1) is 9.47. The molecule has 5 heteroatoms. The monoisotopic (exact) mass is 349 g/mol. The Morgan fingerprint density at radius 1 is 1.35 bits per heavy atom. The molecule has 0 saturated heterocycles. The van der Waals surface area contributed by atoms with E-state index in [4.69, 9.17) is 18.0 Å². The number of nitrogens with zero attached hydrogens (tertiary/aromatic N) is 2. The van der Waals surface area contributed by atoms with Crippen LogP contribution in [0.15, 0.2) is 40.9 Å². The summed E-state index contributed by atoms with van der Waals surface area (Å²) in [6.07, 6.45) is 0. The Labute approximate surface area is 132 Å². The van der Waals surface area contributed by atoms with Crippen molar-refractivity contribution < 1.29 is 0 Å². The van der Waals surface area contributed by atoms with Gasteiger partial charge in [-0.25, -0.2) is 4.98 Å². The molecule has 0 atom stereocenters. The molecular formula is C15H16BrN3S. The normalized spacial score (nSPS) is 10.3. The summed E-state index contributed by atoms with van der Waals surface area (Å²) in [4.78, 5) is 6.99. The summed E-state index contributed by atoms with van der Waals surface area (Å²) in [5.74, 6) is 0.817. The molecule has 2 N–H and O–H groups in total. The molecule has 2 aromatic rings. The van der Waals surface area contributed by atoms with Crippen molar-refractivity contribution in [3.8, 4) is 0 Å². The van der Waals surface area contributed by atoms with E-state index in [-0.39, 0.29) is 0 Å². The fraction of sp³-hybridized carbons (Fsp3) is 0.200. The van der Waals surface area contributed by atoms with Crippen LogP contribution in [0.3, 0.4) is 0 Å². The Morgan fingerprint density at radius 3 is 2.75 bits per heavy atom. The number of anilines is 1. The lowest BCUT2D eigenvalue weighted by Gasteiger charge is -2.21. The van der Waals surface area contributed by atoms with Crippen molar-refractivity contribution in [3.05, 3.63) is 57.7 Å². The van der Waals surface area contributed by atoms with Crippen molar-refractivity contribution in [2.45, 2.75) is 13.5 Å². The average Bonchev–Trinajstić information content (AvgIpc) is 2.38. The highest BCUT2D eigenvalue weighted by Gasteiger charge is 2.12. The molecular weight excluding hydrogens is 334 g/mol. The van der Waals surface area contributed by atoms with Crippen LogP contribution in [-0.2, 0) is 6.54 Å². The van der Waals surface area contributed by atoms with Gasteiger partial charge in [0.1, 0.15) is 10.8 Å². The number of aryl methyl sites for hydroxylation is 1. The van der Waals surface area contributed by atoms with E-state index in [1.54, 1.807) is 0 Å². The van der Waals surface area contributed by atoms with Crippen molar-refractivity contribution >= 4 is 39.0 Å². The lowest BCUT2D eigenvalue weighted by Crippen LogP contribution is -2.23. The molecule has 1 aromatic carbocycles. The number of nitrogens with two attached hydrogens (primary N) is 1. The maximum atomic E-state index is 5.78. The van der Waals surface area contributed by atoms with Gasteiger partial charge in [-0.2, -0.15) is 0 Å². The summed E-state index contributed by atoms with van der Waals surface area (Å²) >= 11 is 8.58. The lowest BCUT2D eigenvalue weighted by atomic mass is 10.2. The maximum absolute atomic E-state index is 5.78. The number of pyridine rings is 1. The number of hydrogen-bond donors (Lipinski definition) is 1. The minimum Gasteiger partial charge on any atom is -0.389 e. The van der Waals surface area contributed by atoms with Gasteiger partial charge in [0.05, 0.1) is 5.56 Å². The van der Waals surface area contributed by atoms with Crippen LogP contribution in [0, 0.1) is 6.92 Å². The first-order valence-electron chi connectivity index (χ1n) is 6.20. The van der Waals surface area contributed by atoms with Gasteiger partial charge >= 0.3 is 0 Å². The second-order valence-electron chi connectivity index (χ2n) is 4.67. The molecule has 1 heterocycles. The predicted octanol–water partition coefficient (Wildman–Crippen LogP) is 3.42. The third kappa shape index (κ3) is 3.55. The number of aromatic nitrogens is 1. The minimum atomic E-state index is 0.369. The fourth-order valence-electron chi connectivity index (χ4n) is 2.01. The zero-order chi connectivity index (χ0) is 14.7. The number of benzene rings is 1. The van der Waals surface area contributed by atoms with E-state index in [0.29, 0.717) is 4.99 Å². The number of thiocarbonyl (C=S) groups is 1. The number of halogens is 1. The summed E-state index contributed by atoms with van der Waals surface area (Å²) in [7, 11) is 1.99. The Morgan fingerprint density at radius 2 is 2.10 bits per heavy atom. The third-order valence-corrected chi connectivity index (χ3v) is 3.66. The molecule has 0 bridgehead atoms. The van der Waals surface area contributed by atoms with Gasteiger partial charge in [-0.15, -0.1) is 0 Å². The summed E-state index contributed by atoms with van der Waals surface area (Å²) in [6, 6.07) is 12.0. The molecule has 0 aliphatic rings. The second-order valence-corrected chi connectivity index (χ2v) is 6.03. The molecule has 0 aliphatic heterocycles. The van der Waals surface area contributed by atoms with Crippen molar-refractivity contribution in [1.29, 1.82) is 0 Å². The van der Waals surface area contributed by atoms with Crippen molar-refractivity contribution in [2.75, 3.05) is 11.9 Å². The highest BCUT2D eigenvalue weighted by molar-refractivity contribution is 9.10. The molecule has 0 amide bonds. The highest BCUT2D eigenvalue weighted by Crippen LogP contribution is 2.20. The minimum absolute atomic E-state index is 0.369. The third-order valence-electron chi connectivity index (χ3n) is 2.95. The maximum Gasteiger partial charge on any atom is 0.139 e. The van der Waals surface area contributed by atoms with Crippen LogP contribution in [-0.4, -0.2) is 17.0 Å². The molecule has 0 fully saturated rings. The van der Waals surface area contributed by atoms with E-state index in [1.165, 1.54) is 5.56 Å². The van der Waals surface area contributed by atoms with Crippen LogP contribution in [0.4, 0.5) is 5.82 Å². The van der Waals surface area contributed by atoms with Crippen LogP contribution >= 0.6 is 28.1 Å². The van der Waals surface area contributed by atoms with Crippen LogP contribution in [0.1, 0.15) is 16.8 Å². The van der Waals surface area contributed by atoms with Crippen molar-refractivity contribution in [2.24, 2.45) is 5.73 Å². The lowest BCUT2D eigenvalue weighted by molar-refractivity contribution is 0.890. The summed E-state index contributed by atoms with van der Waals surface area (Å²) in [5, 5.41) is 0. The number of hydrogen-bond acceptors (Lipinski definition) is 3. The van der Waals surface area contributed by atoms with E-state index < -0.39 is 0 Å². The number of rotatable bonds is 4. The molecule has 0 spiro atoms. The smallest absolute Gasteiger partial charge is 0.139 e. The molecule has 3 nitrogen and oxygen atoms in total. The van der Waals surface area contributed by atoms with E-state index in [2.05, 4.69) is 37.9 Å². The molecule has 0 saturated carbocycles. The van der Waals surface area contributed by atoms with Crippen LogP contribution in [0.25, 0.3) is 0 Å². The van der Waals surface area contributed by atoms with Gasteiger partial charge < -0.3 is 10.6 Å². The quantitative estimate of drug-likeness (QED) is 0.858. The zero-order valence-corrected chi connectivity index (χ0v) is 13.8. The topological polar surface area (TPSA) is 42.1 Å². The fourth-order valence-corrected chi connectivity index (χ4v) is 2.62. The highest BCUT2D eigenvalue weighted by atomic mass is 79.9. The van der Waals surface area contributed by atoms with Crippen molar-refractivity contribution in [3.63, 3.8) is 0 Å². The molecule has 104 valence electrons. The summed E-state index contributed by atoms with van der Waals surface area (Å²) in [6.45, 7) is 2.70. The summed E-state index contributed by atoms with van der Waals surface area (Å²) < 4.78 is 1.06. The van der Waals surface area contributed by atoms with Gasteiger partial charge in [-0.3, -0.25) is 0 Å². The van der Waals surface area contributed by atoms with Gasteiger partial charge in [0.15, 0.2) is 0 Å². The zero-order valence-electron chi connectivity index (χ0n) is 11.4. The van der Waals surface area contributed by atoms with Gasteiger partial charge in [-0.1, -0.05) is 40.3 Å². The Kier molecular flexibility index (Phi) is 4.73. The van der Waals surface area contributed by atoms with Gasteiger partial charge in [-0.05, 0) is 36.8 Å². The van der Waals surface area contributed by atoms with Crippen molar-refractivity contribution in [1.82, 2.24) is 4.98 Å². The van der Waals surface area contributed by atoms with E-state index in [1.807, 2.05) is 38.2 Å². The van der Waals surface area contributed by atoms with Gasteiger partial charge in [0, 0.05) is 23.8 Å². The molecule has 0 unspecified atom stereocenters. The second kappa shape index (κ2) is 6.33. The molecule has 0 radical (unpaired) electrons. The van der Waals surface area contributed by atoms with Crippen LogP contribution in [0.5, 0.6) is 0 Å². The molecule has 1 aromatic heterocycles. The first kappa shape index (κ1) is 14.9. The van der Waals surface area contributed by atoms with Crippen LogP contribution in [0.2, 0.25) is 0 Å². The van der Waals surface area contributed by atoms with Gasteiger partial charge in [0.25, 0.3) is 0 Å². The SMILES string of the molecule is Cc1ccc(C(N)=S)c(N(C)Cc2cccc(Br)c2)n1. The van der Waals surface area contributed by atoms with E-state index >= 15 is 0 Å². The Bertz CT molecular complexity index is 643. The molecule has 2 rings (SSSR count). The predicted molar refractivity (Wildman–Crippen MR) is 91.1 cm³/mol. The molecule has 20 heavy (non-hydrogen) atoms. The van der Waals surface area contributed by atoms with Crippen LogP contribution < -0.4 is 10.6 Å². The average molecular weight is 350 g/mol.